The zero-order valence-electron chi connectivity index (χ0n) is 12.5. The molecule has 5 N–H and O–H groups in total. The fourth-order valence-corrected chi connectivity index (χ4v) is 2.32. The topological polar surface area (TPSA) is 90.9 Å². The summed E-state index contributed by atoms with van der Waals surface area (Å²) in [4.78, 5) is 0. The van der Waals surface area contributed by atoms with Gasteiger partial charge in [-0.15, -0.1) is 0 Å². The zero-order chi connectivity index (χ0) is 15.8. The van der Waals surface area contributed by atoms with Crippen LogP contribution >= 0.6 is 0 Å². The highest BCUT2D eigenvalue weighted by atomic mass is 19.1. The first-order chi connectivity index (χ1) is 10.0. The lowest BCUT2D eigenvalue weighted by atomic mass is 9.96. The third-order valence-corrected chi connectivity index (χ3v) is 3.72. The molecule has 0 heterocycles. The molecule has 1 unspecified atom stereocenters. The molecule has 1 aromatic carbocycles. The molecule has 1 aromatic rings. The minimum atomic E-state index is -0.516. The van der Waals surface area contributed by atoms with Crippen molar-refractivity contribution in [1.82, 2.24) is 5.32 Å². The summed E-state index contributed by atoms with van der Waals surface area (Å²) in [5, 5.41) is 24.5. The number of hydrogen-bond donors (Lipinski definition) is 4. The molecule has 0 aliphatic heterocycles. The van der Waals surface area contributed by atoms with E-state index in [2.05, 4.69) is 10.5 Å². The Morgan fingerprint density at radius 3 is 2.62 bits per heavy atom. The second-order valence-corrected chi connectivity index (χ2v) is 5.04. The summed E-state index contributed by atoms with van der Waals surface area (Å²) < 4.78 is 14.2. The van der Waals surface area contributed by atoms with Gasteiger partial charge in [0, 0.05) is 18.7 Å². The van der Waals surface area contributed by atoms with Crippen LogP contribution in [0.5, 0.6) is 0 Å². The molecule has 1 rings (SSSR count). The molecule has 0 saturated heterocycles. The third-order valence-electron chi connectivity index (χ3n) is 3.72. The van der Waals surface area contributed by atoms with E-state index in [1.54, 1.807) is 12.1 Å². The van der Waals surface area contributed by atoms with Gasteiger partial charge in [0.2, 0.25) is 0 Å². The van der Waals surface area contributed by atoms with Gasteiger partial charge >= 0.3 is 0 Å². The highest BCUT2D eigenvalue weighted by Gasteiger charge is 2.16. The van der Waals surface area contributed by atoms with Crippen molar-refractivity contribution in [2.45, 2.75) is 39.3 Å². The molecule has 1 atom stereocenters. The van der Waals surface area contributed by atoms with Gasteiger partial charge in [0.15, 0.2) is 5.84 Å². The van der Waals surface area contributed by atoms with E-state index >= 15 is 0 Å². The second kappa shape index (κ2) is 8.59. The first kappa shape index (κ1) is 17.4. The number of halogens is 1. The number of aliphatic hydroxyl groups is 1. The monoisotopic (exact) mass is 297 g/mol. The van der Waals surface area contributed by atoms with Gasteiger partial charge in [-0.2, -0.15) is 0 Å². The van der Waals surface area contributed by atoms with E-state index in [9.17, 15) is 9.50 Å². The van der Waals surface area contributed by atoms with E-state index in [0.29, 0.717) is 12.1 Å². The molecule has 0 amide bonds. The van der Waals surface area contributed by atoms with Crippen molar-refractivity contribution in [2.75, 3.05) is 6.54 Å². The van der Waals surface area contributed by atoms with Crippen LogP contribution in [0.1, 0.15) is 37.8 Å². The quantitative estimate of drug-likeness (QED) is 0.255. The lowest BCUT2D eigenvalue weighted by molar-refractivity contribution is 0.101. The largest absolute Gasteiger partial charge is 0.409 e. The molecule has 118 valence electrons. The summed E-state index contributed by atoms with van der Waals surface area (Å²) in [5.41, 5.74) is 5.90. The number of benzene rings is 1. The van der Waals surface area contributed by atoms with Gasteiger partial charge in [0.05, 0.1) is 11.7 Å². The van der Waals surface area contributed by atoms with Crippen LogP contribution in [0.15, 0.2) is 23.4 Å². The van der Waals surface area contributed by atoms with E-state index in [4.69, 9.17) is 10.9 Å². The zero-order valence-corrected chi connectivity index (χ0v) is 12.5. The van der Waals surface area contributed by atoms with E-state index in [-0.39, 0.29) is 23.9 Å². The predicted molar refractivity (Wildman–Crippen MR) is 80.7 cm³/mol. The fourth-order valence-electron chi connectivity index (χ4n) is 2.32. The van der Waals surface area contributed by atoms with Gasteiger partial charge in [-0.25, -0.2) is 4.39 Å². The molecule has 0 aromatic heterocycles. The Labute approximate surface area is 124 Å². The molecule has 0 radical (unpaired) electrons. The lowest BCUT2D eigenvalue weighted by Crippen LogP contribution is -2.32. The minimum Gasteiger partial charge on any atom is -0.409 e. The molecule has 6 heteroatoms. The van der Waals surface area contributed by atoms with E-state index in [1.807, 2.05) is 13.8 Å². The summed E-state index contributed by atoms with van der Waals surface area (Å²) >= 11 is 0. The van der Waals surface area contributed by atoms with Crippen molar-refractivity contribution in [2.24, 2.45) is 16.8 Å². The van der Waals surface area contributed by atoms with Crippen LogP contribution in [-0.2, 0) is 6.54 Å². The number of hydrogen-bond acceptors (Lipinski definition) is 4. The van der Waals surface area contributed by atoms with Crippen LogP contribution in [0.4, 0.5) is 4.39 Å². The Bertz CT molecular complexity index is 476. The Morgan fingerprint density at radius 1 is 1.38 bits per heavy atom. The highest BCUT2D eigenvalue weighted by molar-refractivity contribution is 5.97. The van der Waals surface area contributed by atoms with Crippen LogP contribution in [0.3, 0.4) is 0 Å². The number of amidine groups is 1. The summed E-state index contributed by atoms with van der Waals surface area (Å²) in [5.74, 6) is -0.533. The van der Waals surface area contributed by atoms with Gasteiger partial charge in [0.1, 0.15) is 5.82 Å². The lowest BCUT2D eigenvalue weighted by Gasteiger charge is -2.20. The van der Waals surface area contributed by atoms with E-state index < -0.39 is 11.9 Å². The molecule has 0 spiro atoms. The highest BCUT2D eigenvalue weighted by Crippen LogP contribution is 2.14. The number of oxime groups is 1. The SMILES string of the molecule is CCC(CC)C(O)CNCc1cccc(/C(N)=N/O)c1F. The molecule has 0 aliphatic rings. The van der Waals surface area contributed by atoms with Crippen LogP contribution in [0.2, 0.25) is 0 Å². The first-order valence-electron chi connectivity index (χ1n) is 7.19. The molecular formula is C15H24FN3O2. The number of aliphatic hydroxyl groups excluding tert-OH is 1. The summed E-state index contributed by atoms with van der Waals surface area (Å²) in [6, 6.07) is 4.72. The van der Waals surface area contributed by atoms with Crippen molar-refractivity contribution in [3.05, 3.63) is 35.1 Å². The minimum absolute atomic E-state index is 0.0670. The van der Waals surface area contributed by atoms with Gasteiger partial charge < -0.3 is 21.4 Å². The average Bonchev–Trinajstić information content (AvgIpc) is 2.49. The number of nitrogens with zero attached hydrogens (tertiary/aromatic N) is 1. The van der Waals surface area contributed by atoms with Crippen LogP contribution in [0.25, 0.3) is 0 Å². The van der Waals surface area contributed by atoms with Crippen molar-refractivity contribution < 1.29 is 14.7 Å². The Hall–Kier alpha value is -1.66. The first-order valence-corrected chi connectivity index (χ1v) is 7.19. The molecule has 0 saturated carbocycles. The maximum absolute atomic E-state index is 14.2. The second-order valence-electron chi connectivity index (χ2n) is 5.04. The van der Waals surface area contributed by atoms with Gasteiger partial charge in [0.25, 0.3) is 0 Å². The third kappa shape index (κ3) is 4.68. The van der Waals surface area contributed by atoms with Crippen LogP contribution < -0.4 is 11.1 Å². The predicted octanol–water partition coefficient (Wildman–Crippen LogP) is 1.81. The molecule has 5 nitrogen and oxygen atoms in total. The number of nitrogens with two attached hydrogens (primary N) is 1. The molecular weight excluding hydrogens is 273 g/mol. The summed E-state index contributed by atoms with van der Waals surface area (Å²) in [7, 11) is 0. The standard InChI is InChI=1S/C15H24FN3O2/c1-3-10(4-2)13(20)9-18-8-11-6-5-7-12(14(11)16)15(17)19-21/h5-7,10,13,18,20-21H,3-4,8-9H2,1-2H3,(H2,17,19). The van der Waals surface area contributed by atoms with Crippen LogP contribution in [0, 0.1) is 11.7 Å². The van der Waals surface area contributed by atoms with Crippen molar-refractivity contribution in [1.29, 1.82) is 0 Å². The Morgan fingerprint density at radius 2 is 2.05 bits per heavy atom. The smallest absolute Gasteiger partial charge is 0.173 e. The van der Waals surface area contributed by atoms with Crippen molar-refractivity contribution in [3.63, 3.8) is 0 Å². The molecule has 21 heavy (non-hydrogen) atoms. The Balaban J connectivity index is 2.64. The molecule has 0 fully saturated rings. The van der Waals surface area contributed by atoms with Gasteiger partial charge in [-0.1, -0.05) is 44.0 Å². The van der Waals surface area contributed by atoms with E-state index in [1.165, 1.54) is 6.07 Å². The summed E-state index contributed by atoms with van der Waals surface area (Å²) in [6.07, 6.45) is 1.37. The van der Waals surface area contributed by atoms with Gasteiger partial charge in [-0.05, 0) is 12.0 Å². The maximum Gasteiger partial charge on any atom is 0.173 e. The van der Waals surface area contributed by atoms with Crippen molar-refractivity contribution >= 4 is 5.84 Å². The van der Waals surface area contributed by atoms with Crippen LogP contribution in [-0.4, -0.2) is 28.8 Å². The van der Waals surface area contributed by atoms with Gasteiger partial charge in [-0.3, -0.25) is 0 Å². The number of nitrogens with one attached hydrogen (secondary N) is 1. The average molecular weight is 297 g/mol. The normalized spacial score (nSPS) is 13.7. The molecule has 0 bridgehead atoms. The fraction of sp³-hybridized carbons (Fsp3) is 0.533. The van der Waals surface area contributed by atoms with Crippen molar-refractivity contribution in [3.8, 4) is 0 Å². The molecule has 0 aliphatic carbocycles. The van der Waals surface area contributed by atoms with E-state index in [0.717, 1.165) is 12.8 Å². The Kier molecular flexibility index (Phi) is 7.11. The summed E-state index contributed by atoms with van der Waals surface area (Å²) in [6.45, 7) is 4.75. The maximum atomic E-state index is 14.2. The number of rotatable bonds is 8.